The molecule has 8 heavy (non-hydrogen) atoms. The molecule has 0 aromatic carbocycles. The van der Waals surface area contributed by atoms with Gasteiger partial charge in [-0.2, -0.15) is 5.26 Å². The number of nitriles is 1. The predicted molar refractivity (Wildman–Crippen MR) is 28.9 cm³/mol. The minimum Gasteiger partial charge on any atom is -0.497 e. The lowest BCUT2D eigenvalue weighted by atomic mass is 10.3. The predicted octanol–water partition coefficient (Wildman–Crippen LogP) is 1.20. The number of allylic oxidation sites excluding steroid dienone is 2. The lowest BCUT2D eigenvalue weighted by molar-refractivity contribution is 0.263. The van der Waals surface area contributed by atoms with Gasteiger partial charge in [0.25, 0.3) is 0 Å². The zero-order valence-corrected chi connectivity index (χ0v) is 4.55. The molecule has 0 aromatic heterocycles. The molecule has 1 aliphatic heterocycles. The maximum atomic E-state index is 8.12. The number of rotatable bonds is 0. The Morgan fingerprint density at radius 3 is 3.12 bits per heavy atom. The molecule has 0 saturated carbocycles. The van der Waals surface area contributed by atoms with Gasteiger partial charge in [0.2, 0.25) is 0 Å². The molecule has 2 nitrogen and oxygen atoms in total. The molecule has 0 spiro atoms. The monoisotopic (exact) mass is 109 g/mol. The van der Waals surface area contributed by atoms with Gasteiger partial charge in [-0.15, -0.1) is 0 Å². The lowest BCUT2D eigenvalue weighted by Gasteiger charge is -1.90. The van der Waals surface area contributed by atoms with Gasteiger partial charge in [-0.25, -0.2) is 0 Å². The normalized spacial score (nSPS) is 22.6. The van der Waals surface area contributed by atoms with E-state index in [4.69, 9.17) is 10.00 Å². The van der Waals surface area contributed by atoms with Gasteiger partial charge in [-0.3, -0.25) is 0 Å². The van der Waals surface area contributed by atoms with Crippen LogP contribution in [-0.2, 0) is 4.74 Å². The van der Waals surface area contributed by atoms with Crippen molar-refractivity contribution in [3.05, 3.63) is 11.8 Å². The van der Waals surface area contributed by atoms with Crippen molar-refractivity contribution in [1.82, 2.24) is 0 Å². The van der Waals surface area contributed by atoms with E-state index in [0.29, 0.717) is 0 Å². The van der Waals surface area contributed by atoms with Crippen molar-refractivity contribution in [3.63, 3.8) is 0 Å². The van der Waals surface area contributed by atoms with Gasteiger partial charge >= 0.3 is 0 Å². The Bertz CT molecular complexity index is 135. The summed E-state index contributed by atoms with van der Waals surface area (Å²) in [6, 6.07) is 1.92. The second-order valence-corrected chi connectivity index (χ2v) is 1.69. The quantitative estimate of drug-likeness (QED) is 0.438. The molecular formula is C6H7NO. The Labute approximate surface area is 48.4 Å². The number of nitrogens with zero attached hydrogens (tertiary/aromatic N) is 1. The molecule has 1 aliphatic rings. The first-order valence-corrected chi connectivity index (χ1v) is 2.65. The van der Waals surface area contributed by atoms with E-state index in [-0.39, 0.29) is 0 Å². The van der Waals surface area contributed by atoms with E-state index in [1.54, 1.807) is 0 Å². The Balaban J connectivity index is 2.48. The van der Waals surface area contributed by atoms with Gasteiger partial charge in [0.15, 0.2) is 0 Å². The highest BCUT2D eigenvalue weighted by atomic mass is 16.5. The van der Waals surface area contributed by atoms with E-state index in [9.17, 15) is 0 Å². The van der Waals surface area contributed by atoms with Crippen molar-refractivity contribution < 1.29 is 4.74 Å². The van der Waals surface area contributed by atoms with Gasteiger partial charge in [-0.05, 0) is 6.42 Å². The molecule has 0 N–H and O–H groups in total. The Kier molecular flexibility index (Phi) is 1.53. The fourth-order valence-electron chi connectivity index (χ4n) is 0.708. The Morgan fingerprint density at radius 2 is 2.62 bits per heavy atom. The topological polar surface area (TPSA) is 33.0 Å². The second kappa shape index (κ2) is 2.37. The van der Waals surface area contributed by atoms with Crippen molar-refractivity contribution in [1.29, 1.82) is 5.26 Å². The van der Waals surface area contributed by atoms with Crippen LogP contribution in [0.1, 0.15) is 12.8 Å². The fourth-order valence-corrected chi connectivity index (χ4v) is 0.708. The zero-order chi connectivity index (χ0) is 5.82. The van der Waals surface area contributed by atoms with Crippen molar-refractivity contribution >= 4 is 0 Å². The molecule has 2 heteroatoms. The molecule has 0 bridgehead atoms. The first kappa shape index (κ1) is 5.17. The number of hydrogen-bond donors (Lipinski definition) is 0. The lowest BCUT2D eigenvalue weighted by Crippen LogP contribution is -1.75. The summed E-state index contributed by atoms with van der Waals surface area (Å²) < 4.78 is 5.03. The van der Waals surface area contributed by atoms with Gasteiger partial charge in [0.1, 0.15) is 5.76 Å². The van der Waals surface area contributed by atoms with E-state index in [0.717, 1.165) is 25.2 Å². The van der Waals surface area contributed by atoms with Crippen LogP contribution in [0.4, 0.5) is 0 Å². The molecule has 0 aliphatic carbocycles. The summed E-state index contributed by atoms with van der Waals surface area (Å²) in [4.78, 5) is 0. The molecule has 0 unspecified atom stereocenters. The summed E-state index contributed by atoms with van der Waals surface area (Å²) in [7, 11) is 0. The standard InChI is InChI=1S/C6H7NO/c7-4-3-6-2-1-5-8-6/h3H,1-2,5H2/b6-3-. The Hall–Kier alpha value is -0.970. The van der Waals surface area contributed by atoms with Crippen LogP contribution < -0.4 is 0 Å². The van der Waals surface area contributed by atoms with Crippen LogP contribution in [-0.4, -0.2) is 6.61 Å². The molecule has 0 atom stereocenters. The van der Waals surface area contributed by atoms with Crippen molar-refractivity contribution in [2.75, 3.05) is 6.61 Å². The molecule has 1 fully saturated rings. The summed E-state index contributed by atoms with van der Waals surface area (Å²) in [5.74, 6) is 0.840. The highest BCUT2D eigenvalue weighted by Gasteiger charge is 2.05. The van der Waals surface area contributed by atoms with Crippen LogP contribution >= 0.6 is 0 Å². The third-order valence-electron chi connectivity index (χ3n) is 1.08. The highest BCUT2D eigenvalue weighted by molar-refractivity contribution is 5.09. The molecule has 1 heterocycles. The summed E-state index contributed by atoms with van der Waals surface area (Å²) >= 11 is 0. The average molecular weight is 109 g/mol. The molecular weight excluding hydrogens is 102 g/mol. The van der Waals surface area contributed by atoms with E-state index in [1.807, 2.05) is 6.07 Å². The van der Waals surface area contributed by atoms with E-state index < -0.39 is 0 Å². The van der Waals surface area contributed by atoms with Crippen LogP contribution in [0, 0.1) is 11.3 Å². The third kappa shape index (κ3) is 1.00. The van der Waals surface area contributed by atoms with Gasteiger partial charge in [0, 0.05) is 6.42 Å². The maximum Gasteiger partial charge on any atom is 0.106 e. The molecule has 42 valence electrons. The van der Waals surface area contributed by atoms with E-state index in [1.165, 1.54) is 6.08 Å². The highest BCUT2D eigenvalue weighted by Crippen LogP contribution is 2.14. The molecule has 0 aromatic rings. The largest absolute Gasteiger partial charge is 0.497 e. The summed E-state index contributed by atoms with van der Waals surface area (Å²) in [5.41, 5.74) is 0. The summed E-state index contributed by atoms with van der Waals surface area (Å²) in [6.07, 6.45) is 3.47. The molecule has 0 amide bonds. The van der Waals surface area contributed by atoms with Crippen LogP contribution in [0.15, 0.2) is 11.8 Å². The maximum absolute atomic E-state index is 8.12. The smallest absolute Gasteiger partial charge is 0.106 e. The molecule has 0 radical (unpaired) electrons. The summed E-state index contributed by atoms with van der Waals surface area (Å²) in [6.45, 7) is 0.785. The summed E-state index contributed by atoms with van der Waals surface area (Å²) in [5, 5.41) is 8.12. The van der Waals surface area contributed by atoms with Crippen molar-refractivity contribution in [3.8, 4) is 6.07 Å². The van der Waals surface area contributed by atoms with Gasteiger partial charge < -0.3 is 4.74 Å². The number of ether oxygens (including phenoxy) is 1. The Morgan fingerprint density at radius 1 is 1.75 bits per heavy atom. The van der Waals surface area contributed by atoms with Gasteiger partial charge in [-0.1, -0.05) is 0 Å². The van der Waals surface area contributed by atoms with Crippen LogP contribution in [0.25, 0.3) is 0 Å². The van der Waals surface area contributed by atoms with Crippen LogP contribution in [0.3, 0.4) is 0 Å². The second-order valence-electron chi connectivity index (χ2n) is 1.69. The van der Waals surface area contributed by atoms with Crippen LogP contribution in [0.2, 0.25) is 0 Å². The third-order valence-corrected chi connectivity index (χ3v) is 1.08. The first-order chi connectivity index (χ1) is 3.93. The fraction of sp³-hybridized carbons (Fsp3) is 0.500. The molecule has 1 rings (SSSR count). The first-order valence-electron chi connectivity index (χ1n) is 2.65. The minimum atomic E-state index is 0.785. The SMILES string of the molecule is N#C/C=C1/CCCO1. The van der Waals surface area contributed by atoms with Crippen molar-refractivity contribution in [2.24, 2.45) is 0 Å². The number of hydrogen-bond acceptors (Lipinski definition) is 2. The zero-order valence-electron chi connectivity index (χ0n) is 4.55. The minimum absolute atomic E-state index is 0.785. The van der Waals surface area contributed by atoms with Gasteiger partial charge in [0.05, 0.1) is 18.8 Å². The molecule has 1 saturated heterocycles. The van der Waals surface area contributed by atoms with Crippen LogP contribution in [0.5, 0.6) is 0 Å². The average Bonchev–Trinajstić information content (AvgIpc) is 2.19. The van der Waals surface area contributed by atoms with E-state index >= 15 is 0 Å². The van der Waals surface area contributed by atoms with E-state index in [2.05, 4.69) is 0 Å². The van der Waals surface area contributed by atoms with Crippen molar-refractivity contribution in [2.45, 2.75) is 12.8 Å².